The van der Waals surface area contributed by atoms with Crippen LogP contribution in [0.4, 0.5) is 4.39 Å². The van der Waals surface area contributed by atoms with Crippen molar-refractivity contribution in [1.82, 2.24) is 19.3 Å². The zero-order valence-corrected chi connectivity index (χ0v) is 16.8. The van der Waals surface area contributed by atoms with Crippen molar-refractivity contribution < 1.29 is 19.0 Å². The molecule has 2 aromatic carbocycles. The average Bonchev–Trinajstić information content (AvgIpc) is 3.21. The summed E-state index contributed by atoms with van der Waals surface area (Å²) in [6.45, 7) is 0.338. The number of nitrogens with zero attached hydrogens (tertiary/aromatic N) is 4. The third kappa shape index (κ3) is 4.47. The highest BCUT2D eigenvalue weighted by Crippen LogP contribution is 2.18. The van der Waals surface area contributed by atoms with Crippen LogP contribution in [0.25, 0.3) is 16.7 Å². The first-order chi connectivity index (χ1) is 15.1. The van der Waals surface area contributed by atoms with Crippen LogP contribution in [0.5, 0.6) is 5.75 Å². The lowest BCUT2D eigenvalue weighted by Crippen LogP contribution is -2.29. The van der Waals surface area contributed by atoms with Crippen molar-refractivity contribution in [3.05, 3.63) is 82.8 Å². The summed E-state index contributed by atoms with van der Waals surface area (Å²) in [6.07, 6.45) is 1.86. The molecule has 2 heterocycles. The molecular weight excluding hydrogens is 403 g/mol. The van der Waals surface area contributed by atoms with E-state index in [4.69, 9.17) is 9.47 Å². The van der Waals surface area contributed by atoms with Gasteiger partial charge in [-0.2, -0.15) is 5.10 Å². The number of aromatic nitrogens is 4. The van der Waals surface area contributed by atoms with E-state index in [2.05, 4.69) is 10.1 Å². The molecule has 1 N–H and O–H groups in total. The maximum atomic E-state index is 13.2. The van der Waals surface area contributed by atoms with Gasteiger partial charge in [0.2, 0.25) is 0 Å². The number of aliphatic hydroxyl groups is 1. The SMILES string of the molecule is COc1ccccc1COC[C@H](O)Cn1cnc2c(cnn2-c2ccc(F)cc2)c1=O. The molecule has 0 aliphatic rings. The van der Waals surface area contributed by atoms with Gasteiger partial charge in [-0.15, -0.1) is 0 Å². The second-order valence-electron chi connectivity index (χ2n) is 6.95. The smallest absolute Gasteiger partial charge is 0.264 e. The first-order valence-electron chi connectivity index (χ1n) is 9.63. The van der Waals surface area contributed by atoms with Crippen molar-refractivity contribution in [2.24, 2.45) is 0 Å². The molecule has 4 rings (SSSR count). The van der Waals surface area contributed by atoms with E-state index in [1.807, 2.05) is 24.3 Å². The summed E-state index contributed by atoms with van der Waals surface area (Å²) in [5, 5.41) is 14.8. The van der Waals surface area contributed by atoms with Gasteiger partial charge in [-0.3, -0.25) is 9.36 Å². The molecule has 0 saturated carbocycles. The van der Waals surface area contributed by atoms with Gasteiger partial charge in [0, 0.05) is 5.56 Å². The number of benzene rings is 2. The lowest BCUT2D eigenvalue weighted by Gasteiger charge is -2.14. The van der Waals surface area contributed by atoms with Gasteiger partial charge in [-0.25, -0.2) is 14.1 Å². The van der Waals surface area contributed by atoms with Gasteiger partial charge >= 0.3 is 0 Å². The van der Waals surface area contributed by atoms with E-state index in [9.17, 15) is 14.3 Å². The van der Waals surface area contributed by atoms with Crippen LogP contribution >= 0.6 is 0 Å². The number of aliphatic hydroxyl groups excluding tert-OH is 1. The molecule has 9 heteroatoms. The van der Waals surface area contributed by atoms with Gasteiger partial charge in [-0.05, 0) is 30.3 Å². The maximum Gasteiger partial charge on any atom is 0.264 e. The molecule has 0 aliphatic carbocycles. The zero-order valence-electron chi connectivity index (χ0n) is 16.8. The van der Waals surface area contributed by atoms with Crippen LogP contribution in [-0.2, 0) is 17.9 Å². The molecule has 8 nitrogen and oxygen atoms in total. The number of para-hydroxylation sites is 1. The first kappa shape index (κ1) is 20.7. The number of halogens is 1. The van der Waals surface area contributed by atoms with Gasteiger partial charge in [-0.1, -0.05) is 18.2 Å². The van der Waals surface area contributed by atoms with Gasteiger partial charge < -0.3 is 14.6 Å². The molecule has 0 spiro atoms. The second kappa shape index (κ2) is 9.07. The summed E-state index contributed by atoms with van der Waals surface area (Å²) in [5.74, 6) is 0.346. The monoisotopic (exact) mass is 424 g/mol. The number of rotatable bonds is 8. The molecule has 0 radical (unpaired) electrons. The third-order valence-electron chi connectivity index (χ3n) is 4.79. The van der Waals surface area contributed by atoms with E-state index in [0.29, 0.717) is 22.5 Å². The predicted molar refractivity (Wildman–Crippen MR) is 112 cm³/mol. The Morgan fingerprint density at radius 3 is 2.71 bits per heavy atom. The van der Waals surface area contributed by atoms with Crippen molar-refractivity contribution in [1.29, 1.82) is 0 Å². The summed E-state index contributed by atoms with van der Waals surface area (Å²) in [7, 11) is 1.58. The first-order valence-corrected chi connectivity index (χ1v) is 9.63. The van der Waals surface area contributed by atoms with Crippen LogP contribution in [-0.4, -0.2) is 44.3 Å². The second-order valence-corrected chi connectivity index (χ2v) is 6.95. The fourth-order valence-corrected chi connectivity index (χ4v) is 3.26. The minimum absolute atomic E-state index is 0.0232. The Morgan fingerprint density at radius 2 is 1.94 bits per heavy atom. The Bertz CT molecular complexity index is 1240. The predicted octanol–water partition coefficient (Wildman–Crippen LogP) is 2.31. The van der Waals surface area contributed by atoms with Gasteiger partial charge in [0.05, 0.1) is 44.9 Å². The Kier molecular flexibility index (Phi) is 6.06. The normalized spacial score (nSPS) is 12.2. The molecule has 0 aliphatic heterocycles. The molecule has 160 valence electrons. The highest BCUT2D eigenvalue weighted by atomic mass is 19.1. The van der Waals surface area contributed by atoms with Crippen LogP contribution in [0.2, 0.25) is 0 Å². The topological polar surface area (TPSA) is 91.4 Å². The van der Waals surface area contributed by atoms with Crippen molar-refractivity contribution in [3.8, 4) is 11.4 Å². The Labute approximate surface area is 177 Å². The maximum absolute atomic E-state index is 13.2. The summed E-state index contributed by atoms with van der Waals surface area (Å²) in [5.41, 5.74) is 1.48. The molecule has 31 heavy (non-hydrogen) atoms. The van der Waals surface area contributed by atoms with Crippen molar-refractivity contribution >= 4 is 11.0 Å². The number of fused-ring (bicyclic) bond motifs is 1. The van der Waals surface area contributed by atoms with E-state index in [1.54, 1.807) is 19.2 Å². The standard InChI is InChI=1S/C22H21FN4O4/c1-30-20-5-3-2-4-15(20)12-31-13-18(28)11-26-14-24-21-19(22(26)29)10-25-27(21)17-8-6-16(23)7-9-17/h2-10,14,18,28H,11-13H2,1H3/t18-/m1/s1. The van der Waals surface area contributed by atoms with Gasteiger partial charge in [0.1, 0.15) is 23.3 Å². The lowest BCUT2D eigenvalue weighted by molar-refractivity contribution is 0.0192. The fraction of sp³-hybridized carbons (Fsp3) is 0.227. The van der Waals surface area contributed by atoms with Crippen molar-refractivity contribution in [2.45, 2.75) is 19.3 Å². The molecule has 1 atom stereocenters. The fourth-order valence-electron chi connectivity index (χ4n) is 3.26. The summed E-state index contributed by atoms with van der Waals surface area (Å²) < 4.78 is 26.8. The highest BCUT2D eigenvalue weighted by Gasteiger charge is 2.14. The summed E-state index contributed by atoms with van der Waals surface area (Å²) in [6, 6.07) is 13.2. The molecule has 2 aromatic heterocycles. The number of hydrogen-bond acceptors (Lipinski definition) is 6. The van der Waals surface area contributed by atoms with Crippen LogP contribution in [0.15, 0.2) is 65.8 Å². The van der Waals surface area contributed by atoms with Crippen LogP contribution in [0, 0.1) is 5.82 Å². The van der Waals surface area contributed by atoms with Crippen LogP contribution in [0.1, 0.15) is 5.56 Å². The van der Waals surface area contributed by atoms with E-state index in [1.165, 1.54) is 33.9 Å². The summed E-state index contributed by atoms with van der Waals surface area (Å²) >= 11 is 0. The lowest BCUT2D eigenvalue weighted by atomic mass is 10.2. The largest absolute Gasteiger partial charge is 0.496 e. The number of ether oxygens (including phenoxy) is 2. The quantitative estimate of drug-likeness (QED) is 0.467. The summed E-state index contributed by atoms with van der Waals surface area (Å²) in [4.78, 5) is 17.1. The van der Waals surface area contributed by atoms with E-state index in [-0.39, 0.29) is 31.1 Å². The Balaban J connectivity index is 1.44. The van der Waals surface area contributed by atoms with Crippen LogP contribution < -0.4 is 10.3 Å². The Hall–Kier alpha value is -3.56. The van der Waals surface area contributed by atoms with E-state index >= 15 is 0 Å². The van der Waals surface area contributed by atoms with Crippen LogP contribution in [0.3, 0.4) is 0 Å². The molecule has 0 bridgehead atoms. The van der Waals surface area contributed by atoms with Gasteiger partial charge in [0.15, 0.2) is 5.65 Å². The van der Waals surface area contributed by atoms with Gasteiger partial charge in [0.25, 0.3) is 5.56 Å². The highest BCUT2D eigenvalue weighted by molar-refractivity contribution is 5.74. The molecule has 0 fully saturated rings. The minimum Gasteiger partial charge on any atom is -0.496 e. The van der Waals surface area contributed by atoms with E-state index in [0.717, 1.165) is 5.56 Å². The third-order valence-corrected chi connectivity index (χ3v) is 4.79. The zero-order chi connectivity index (χ0) is 21.8. The molecule has 0 saturated heterocycles. The van der Waals surface area contributed by atoms with Crippen molar-refractivity contribution in [3.63, 3.8) is 0 Å². The molecule has 0 amide bonds. The number of methoxy groups -OCH3 is 1. The molecular formula is C22H21FN4O4. The Morgan fingerprint density at radius 1 is 1.16 bits per heavy atom. The number of hydrogen-bond donors (Lipinski definition) is 1. The van der Waals surface area contributed by atoms with E-state index < -0.39 is 6.10 Å². The molecule has 0 unspecified atom stereocenters. The minimum atomic E-state index is -0.904. The molecule has 4 aromatic rings. The van der Waals surface area contributed by atoms with Crippen molar-refractivity contribution in [2.75, 3.05) is 13.7 Å². The average molecular weight is 424 g/mol.